The predicted octanol–water partition coefficient (Wildman–Crippen LogP) is 2.10. The van der Waals surface area contributed by atoms with Crippen molar-refractivity contribution in [2.24, 2.45) is 0 Å². The van der Waals surface area contributed by atoms with Crippen LogP contribution in [0.25, 0.3) is 11.4 Å². The van der Waals surface area contributed by atoms with Gasteiger partial charge in [-0.3, -0.25) is 14.9 Å². The Morgan fingerprint density at radius 3 is 3.00 bits per heavy atom. The van der Waals surface area contributed by atoms with Gasteiger partial charge in [0.15, 0.2) is 4.77 Å². The molecule has 2 heterocycles. The molecule has 0 unspecified atom stereocenters. The Hall–Kier alpha value is -1.69. The number of hydrogen-bond donors (Lipinski definition) is 2. The molecule has 0 amide bonds. The van der Waals surface area contributed by atoms with E-state index < -0.39 is 0 Å². The summed E-state index contributed by atoms with van der Waals surface area (Å²) in [5, 5.41) is 6.75. The van der Waals surface area contributed by atoms with Gasteiger partial charge in [-0.2, -0.15) is 5.10 Å². The standard InChI is InChI=1S/C11H14N4OS/c1-2-3-6-15-9(8-4-5-12-14-8)7-10(16)13-11(15)17/h4-5,7H,2-3,6H2,1H3,(H,12,14)(H,13,16,17). The van der Waals surface area contributed by atoms with Crippen molar-refractivity contribution in [1.82, 2.24) is 19.7 Å². The van der Waals surface area contributed by atoms with Crippen LogP contribution in [0.2, 0.25) is 0 Å². The molecule has 0 aliphatic carbocycles. The number of H-pyrrole nitrogens is 2. The summed E-state index contributed by atoms with van der Waals surface area (Å²) in [6, 6.07) is 3.37. The van der Waals surface area contributed by atoms with Crippen molar-refractivity contribution in [3.63, 3.8) is 0 Å². The Kier molecular flexibility index (Phi) is 3.53. The van der Waals surface area contributed by atoms with E-state index >= 15 is 0 Å². The number of nitrogens with one attached hydrogen (secondary N) is 2. The molecule has 2 rings (SSSR count). The SMILES string of the molecule is CCCCn1c(-c2ccn[nH]2)cc(=O)[nH]c1=S. The molecule has 0 saturated heterocycles. The first-order valence-electron chi connectivity index (χ1n) is 5.56. The Labute approximate surface area is 104 Å². The number of unbranched alkanes of at least 4 members (excludes halogenated alkanes) is 1. The van der Waals surface area contributed by atoms with Crippen molar-refractivity contribution in [3.8, 4) is 11.4 Å². The number of nitrogens with zero attached hydrogens (tertiary/aromatic N) is 2. The fraction of sp³-hybridized carbons (Fsp3) is 0.364. The average molecular weight is 250 g/mol. The van der Waals surface area contributed by atoms with Gasteiger partial charge in [-0.1, -0.05) is 13.3 Å². The van der Waals surface area contributed by atoms with Gasteiger partial charge in [0.1, 0.15) is 0 Å². The van der Waals surface area contributed by atoms with Crippen molar-refractivity contribution in [1.29, 1.82) is 0 Å². The quantitative estimate of drug-likeness (QED) is 0.817. The molecule has 0 aliphatic rings. The fourth-order valence-corrected chi connectivity index (χ4v) is 1.97. The van der Waals surface area contributed by atoms with Gasteiger partial charge in [-0.25, -0.2) is 0 Å². The molecular weight excluding hydrogens is 236 g/mol. The first kappa shape index (κ1) is 11.8. The zero-order chi connectivity index (χ0) is 12.3. The summed E-state index contributed by atoms with van der Waals surface area (Å²) in [4.78, 5) is 14.1. The molecule has 90 valence electrons. The van der Waals surface area contributed by atoms with Gasteiger partial charge in [-0.15, -0.1) is 0 Å². The fourth-order valence-electron chi connectivity index (χ4n) is 1.68. The second-order valence-corrected chi connectivity index (χ2v) is 4.19. The van der Waals surface area contributed by atoms with Crippen molar-refractivity contribution in [2.45, 2.75) is 26.3 Å². The summed E-state index contributed by atoms with van der Waals surface area (Å²) in [6.07, 6.45) is 3.74. The number of aromatic amines is 2. The second kappa shape index (κ2) is 5.09. The molecule has 0 fully saturated rings. The second-order valence-electron chi connectivity index (χ2n) is 3.80. The summed E-state index contributed by atoms with van der Waals surface area (Å²) >= 11 is 5.19. The maximum atomic E-state index is 11.5. The molecule has 0 bridgehead atoms. The molecule has 0 spiro atoms. The Bertz CT molecular complexity index is 597. The van der Waals surface area contributed by atoms with E-state index in [0.717, 1.165) is 30.8 Å². The van der Waals surface area contributed by atoms with Crippen molar-refractivity contribution in [2.75, 3.05) is 0 Å². The molecule has 0 aliphatic heterocycles. The summed E-state index contributed by atoms with van der Waals surface area (Å²) in [6.45, 7) is 2.91. The van der Waals surface area contributed by atoms with Gasteiger partial charge in [-0.05, 0) is 24.7 Å². The highest BCUT2D eigenvalue weighted by atomic mass is 32.1. The van der Waals surface area contributed by atoms with E-state index in [1.54, 1.807) is 12.3 Å². The lowest BCUT2D eigenvalue weighted by Crippen LogP contribution is -2.15. The van der Waals surface area contributed by atoms with Gasteiger partial charge in [0.25, 0.3) is 5.56 Å². The van der Waals surface area contributed by atoms with Gasteiger partial charge >= 0.3 is 0 Å². The zero-order valence-corrected chi connectivity index (χ0v) is 10.4. The maximum absolute atomic E-state index is 11.5. The van der Waals surface area contributed by atoms with Gasteiger partial charge in [0.2, 0.25) is 0 Å². The first-order valence-corrected chi connectivity index (χ1v) is 5.97. The molecular formula is C11H14N4OS. The average Bonchev–Trinajstić information content (AvgIpc) is 2.80. The predicted molar refractivity (Wildman–Crippen MR) is 68.4 cm³/mol. The third kappa shape index (κ3) is 2.52. The highest BCUT2D eigenvalue weighted by Crippen LogP contribution is 2.15. The topological polar surface area (TPSA) is 66.5 Å². The molecule has 2 aromatic heterocycles. The molecule has 0 radical (unpaired) electrons. The lowest BCUT2D eigenvalue weighted by Gasteiger charge is -2.11. The molecule has 0 saturated carbocycles. The summed E-state index contributed by atoms with van der Waals surface area (Å²) in [7, 11) is 0. The number of hydrogen-bond acceptors (Lipinski definition) is 3. The molecule has 2 N–H and O–H groups in total. The lowest BCUT2D eigenvalue weighted by atomic mass is 10.2. The maximum Gasteiger partial charge on any atom is 0.252 e. The van der Waals surface area contributed by atoms with Gasteiger partial charge < -0.3 is 4.57 Å². The number of rotatable bonds is 4. The van der Waals surface area contributed by atoms with Crippen LogP contribution in [-0.4, -0.2) is 19.7 Å². The highest BCUT2D eigenvalue weighted by Gasteiger charge is 2.07. The summed E-state index contributed by atoms with van der Waals surface area (Å²) in [5.74, 6) is 0. The molecule has 17 heavy (non-hydrogen) atoms. The van der Waals surface area contributed by atoms with Crippen LogP contribution in [0.3, 0.4) is 0 Å². The Morgan fingerprint density at radius 2 is 2.35 bits per heavy atom. The van der Waals surface area contributed by atoms with Crippen LogP contribution < -0.4 is 5.56 Å². The van der Waals surface area contributed by atoms with Crippen molar-refractivity contribution in [3.05, 3.63) is 33.5 Å². The van der Waals surface area contributed by atoms with Crippen molar-refractivity contribution < 1.29 is 0 Å². The van der Waals surface area contributed by atoms with Crippen LogP contribution in [0.1, 0.15) is 19.8 Å². The lowest BCUT2D eigenvalue weighted by molar-refractivity contribution is 0.614. The van der Waals surface area contributed by atoms with Crippen LogP contribution in [0, 0.1) is 4.77 Å². The summed E-state index contributed by atoms with van der Waals surface area (Å²) in [5.41, 5.74) is 1.40. The smallest absolute Gasteiger partial charge is 0.252 e. The van der Waals surface area contributed by atoms with E-state index in [1.807, 2.05) is 10.6 Å². The Balaban J connectivity index is 2.56. The Morgan fingerprint density at radius 1 is 1.53 bits per heavy atom. The molecule has 2 aromatic rings. The highest BCUT2D eigenvalue weighted by molar-refractivity contribution is 7.71. The van der Waals surface area contributed by atoms with Gasteiger partial charge in [0, 0.05) is 18.8 Å². The van der Waals surface area contributed by atoms with E-state index in [4.69, 9.17) is 12.2 Å². The summed E-state index contributed by atoms with van der Waals surface area (Å²) < 4.78 is 2.38. The minimum absolute atomic E-state index is 0.188. The van der Waals surface area contributed by atoms with Crippen LogP contribution in [0.4, 0.5) is 0 Å². The normalized spacial score (nSPS) is 10.6. The first-order chi connectivity index (χ1) is 8.22. The largest absolute Gasteiger partial charge is 0.317 e. The van der Waals surface area contributed by atoms with E-state index in [0.29, 0.717) is 4.77 Å². The van der Waals surface area contributed by atoms with Crippen LogP contribution in [-0.2, 0) is 6.54 Å². The molecule has 5 nitrogen and oxygen atoms in total. The monoisotopic (exact) mass is 250 g/mol. The van der Waals surface area contributed by atoms with Gasteiger partial charge in [0.05, 0.1) is 11.4 Å². The van der Waals surface area contributed by atoms with Crippen LogP contribution in [0.15, 0.2) is 23.1 Å². The van der Waals surface area contributed by atoms with Crippen LogP contribution in [0.5, 0.6) is 0 Å². The minimum atomic E-state index is -0.188. The third-order valence-corrected chi connectivity index (χ3v) is 2.87. The molecule has 0 aromatic carbocycles. The van der Waals surface area contributed by atoms with Crippen LogP contribution >= 0.6 is 12.2 Å². The van der Waals surface area contributed by atoms with E-state index in [-0.39, 0.29) is 5.56 Å². The van der Waals surface area contributed by atoms with Crippen molar-refractivity contribution >= 4 is 12.2 Å². The minimum Gasteiger partial charge on any atom is -0.317 e. The number of aromatic nitrogens is 4. The van der Waals surface area contributed by atoms with E-state index in [1.165, 1.54) is 0 Å². The molecule has 6 heteroatoms. The molecule has 0 atom stereocenters. The van der Waals surface area contributed by atoms with E-state index in [2.05, 4.69) is 22.1 Å². The van der Waals surface area contributed by atoms with E-state index in [9.17, 15) is 4.79 Å². The zero-order valence-electron chi connectivity index (χ0n) is 9.56. The third-order valence-electron chi connectivity index (χ3n) is 2.55.